The van der Waals surface area contributed by atoms with Crippen molar-refractivity contribution in [2.24, 2.45) is 5.92 Å². The van der Waals surface area contributed by atoms with Crippen molar-refractivity contribution in [2.75, 3.05) is 24.7 Å². The van der Waals surface area contributed by atoms with Gasteiger partial charge in [-0.05, 0) is 24.5 Å². The van der Waals surface area contributed by atoms with Crippen LogP contribution in [0.5, 0.6) is 0 Å². The van der Waals surface area contributed by atoms with Gasteiger partial charge in [-0.15, -0.1) is 0 Å². The number of carbonyl (C=O) groups is 1. The Morgan fingerprint density at radius 1 is 1.50 bits per heavy atom. The number of halogens is 1. The largest absolute Gasteiger partial charge is 0.465 e. The monoisotopic (exact) mass is 254 g/mol. The summed E-state index contributed by atoms with van der Waals surface area (Å²) in [5, 5.41) is 2.95. The molecule has 0 bridgehead atoms. The van der Waals surface area contributed by atoms with Crippen LogP contribution < -0.4 is 11.1 Å². The molecule has 0 radical (unpaired) electrons. The van der Waals surface area contributed by atoms with Crippen molar-refractivity contribution in [3.05, 3.63) is 23.5 Å². The van der Waals surface area contributed by atoms with Crippen LogP contribution in [0.4, 0.5) is 15.8 Å². The minimum Gasteiger partial charge on any atom is -0.465 e. The molecule has 0 unspecified atom stereocenters. The predicted octanol–water partition coefficient (Wildman–Crippen LogP) is 2.65. The van der Waals surface area contributed by atoms with E-state index in [0.717, 1.165) is 12.5 Å². The molecule has 4 nitrogen and oxygen atoms in total. The molecule has 0 spiro atoms. The van der Waals surface area contributed by atoms with Gasteiger partial charge in [-0.3, -0.25) is 0 Å². The van der Waals surface area contributed by atoms with Gasteiger partial charge in [-0.25, -0.2) is 9.18 Å². The van der Waals surface area contributed by atoms with Crippen molar-refractivity contribution in [2.45, 2.75) is 20.3 Å². The Morgan fingerprint density at radius 2 is 2.17 bits per heavy atom. The zero-order valence-electron chi connectivity index (χ0n) is 10.9. The highest BCUT2D eigenvalue weighted by molar-refractivity contribution is 5.96. The first-order valence-electron chi connectivity index (χ1n) is 5.87. The highest BCUT2D eigenvalue weighted by Crippen LogP contribution is 2.23. The Bertz CT molecular complexity index is 433. The molecule has 18 heavy (non-hydrogen) atoms. The topological polar surface area (TPSA) is 64.3 Å². The first kappa shape index (κ1) is 14.3. The molecule has 0 amide bonds. The molecule has 0 saturated heterocycles. The van der Waals surface area contributed by atoms with Gasteiger partial charge in [0.05, 0.1) is 18.4 Å². The summed E-state index contributed by atoms with van der Waals surface area (Å²) >= 11 is 0. The van der Waals surface area contributed by atoms with Crippen LogP contribution in [0.15, 0.2) is 12.1 Å². The maximum Gasteiger partial charge on any atom is 0.340 e. The minimum absolute atomic E-state index is 0.0776. The number of ether oxygens (including phenoxy) is 1. The molecule has 0 aliphatic carbocycles. The van der Waals surface area contributed by atoms with E-state index in [1.807, 2.05) is 0 Å². The van der Waals surface area contributed by atoms with Gasteiger partial charge in [-0.1, -0.05) is 13.8 Å². The third-order valence-corrected chi connectivity index (χ3v) is 2.58. The Labute approximate surface area is 106 Å². The van der Waals surface area contributed by atoms with Crippen LogP contribution in [0.3, 0.4) is 0 Å². The third kappa shape index (κ3) is 3.61. The van der Waals surface area contributed by atoms with Gasteiger partial charge in [0.2, 0.25) is 0 Å². The van der Waals surface area contributed by atoms with E-state index in [4.69, 9.17) is 5.73 Å². The normalized spacial score (nSPS) is 10.5. The van der Waals surface area contributed by atoms with Crippen molar-refractivity contribution >= 4 is 17.3 Å². The van der Waals surface area contributed by atoms with Crippen molar-refractivity contribution in [3.8, 4) is 0 Å². The lowest BCUT2D eigenvalue weighted by molar-refractivity contribution is 0.0602. The summed E-state index contributed by atoms with van der Waals surface area (Å²) in [6, 6.07) is 2.51. The SMILES string of the molecule is COC(=O)c1cc(NCCC(C)C)c(F)cc1N. The number of anilines is 2. The maximum atomic E-state index is 13.6. The molecule has 100 valence electrons. The second-order valence-corrected chi connectivity index (χ2v) is 4.52. The van der Waals surface area contributed by atoms with E-state index >= 15 is 0 Å². The lowest BCUT2D eigenvalue weighted by Gasteiger charge is -2.12. The zero-order valence-corrected chi connectivity index (χ0v) is 10.9. The highest BCUT2D eigenvalue weighted by Gasteiger charge is 2.14. The number of nitrogen functional groups attached to an aromatic ring is 1. The first-order chi connectivity index (χ1) is 8.45. The van der Waals surface area contributed by atoms with Crippen LogP contribution in [0.2, 0.25) is 0 Å². The summed E-state index contributed by atoms with van der Waals surface area (Å²) in [6.07, 6.45) is 0.914. The molecular weight excluding hydrogens is 235 g/mol. The fraction of sp³-hybridized carbons (Fsp3) is 0.462. The molecular formula is C13H19FN2O2. The molecule has 0 aromatic heterocycles. The van der Waals surface area contributed by atoms with Gasteiger partial charge in [0.1, 0.15) is 5.82 Å². The molecule has 0 heterocycles. The zero-order chi connectivity index (χ0) is 13.7. The lowest BCUT2D eigenvalue weighted by Crippen LogP contribution is -2.10. The number of esters is 1. The van der Waals surface area contributed by atoms with Gasteiger partial charge in [-0.2, -0.15) is 0 Å². The lowest BCUT2D eigenvalue weighted by atomic mass is 10.1. The van der Waals surface area contributed by atoms with Crippen molar-refractivity contribution in [3.63, 3.8) is 0 Å². The van der Waals surface area contributed by atoms with E-state index in [9.17, 15) is 9.18 Å². The number of methoxy groups -OCH3 is 1. The van der Waals surface area contributed by atoms with Gasteiger partial charge in [0.25, 0.3) is 0 Å². The second-order valence-electron chi connectivity index (χ2n) is 4.52. The summed E-state index contributed by atoms with van der Waals surface area (Å²) < 4.78 is 18.2. The number of benzene rings is 1. The number of hydrogen-bond donors (Lipinski definition) is 2. The van der Waals surface area contributed by atoms with Gasteiger partial charge < -0.3 is 15.8 Å². The maximum absolute atomic E-state index is 13.6. The van der Waals surface area contributed by atoms with E-state index in [0.29, 0.717) is 12.5 Å². The molecule has 0 aliphatic rings. The molecule has 0 fully saturated rings. The molecule has 1 aromatic carbocycles. The molecule has 0 atom stereocenters. The second kappa shape index (κ2) is 6.23. The summed E-state index contributed by atoms with van der Waals surface area (Å²) in [6.45, 7) is 4.81. The number of carbonyl (C=O) groups excluding carboxylic acids is 1. The van der Waals surface area contributed by atoms with Crippen molar-refractivity contribution in [1.82, 2.24) is 0 Å². The number of nitrogens with two attached hydrogens (primary N) is 1. The van der Waals surface area contributed by atoms with Crippen LogP contribution in [0.1, 0.15) is 30.6 Å². The Hall–Kier alpha value is -1.78. The quantitative estimate of drug-likeness (QED) is 0.626. The summed E-state index contributed by atoms with van der Waals surface area (Å²) in [4.78, 5) is 11.4. The summed E-state index contributed by atoms with van der Waals surface area (Å²) in [5.74, 6) is -0.516. The van der Waals surface area contributed by atoms with Crippen molar-refractivity contribution in [1.29, 1.82) is 0 Å². The van der Waals surface area contributed by atoms with Crippen LogP contribution >= 0.6 is 0 Å². The van der Waals surface area contributed by atoms with Crippen LogP contribution in [0.25, 0.3) is 0 Å². The highest BCUT2D eigenvalue weighted by atomic mass is 19.1. The summed E-state index contributed by atoms with van der Waals surface area (Å²) in [5.41, 5.74) is 6.09. The van der Waals surface area contributed by atoms with E-state index in [-0.39, 0.29) is 16.9 Å². The number of rotatable bonds is 5. The predicted molar refractivity (Wildman–Crippen MR) is 70.1 cm³/mol. The molecule has 0 aliphatic heterocycles. The third-order valence-electron chi connectivity index (χ3n) is 2.58. The molecule has 1 rings (SSSR count). The molecule has 3 N–H and O–H groups in total. The van der Waals surface area contributed by atoms with E-state index in [1.165, 1.54) is 13.2 Å². The van der Waals surface area contributed by atoms with E-state index in [1.54, 1.807) is 0 Å². The average Bonchev–Trinajstić information content (AvgIpc) is 2.30. The van der Waals surface area contributed by atoms with E-state index in [2.05, 4.69) is 23.9 Å². The molecule has 0 saturated carbocycles. The average molecular weight is 254 g/mol. The van der Waals surface area contributed by atoms with Gasteiger partial charge in [0, 0.05) is 12.2 Å². The van der Waals surface area contributed by atoms with Crippen LogP contribution in [-0.2, 0) is 4.74 Å². The fourth-order valence-electron chi connectivity index (χ4n) is 1.51. The van der Waals surface area contributed by atoms with Gasteiger partial charge in [0.15, 0.2) is 0 Å². The fourth-order valence-corrected chi connectivity index (χ4v) is 1.51. The number of nitrogens with one attached hydrogen (secondary N) is 1. The Morgan fingerprint density at radius 3 is 2.72 bits per heavy atom. The molecule has 5 heteroatoms. The standard InChI is InChI=1S/C13H19FN2O2/c1-8(2)4-5-16-12-6-9(13(17)18-3)11(15)7-10(12)14/h6-8,16H,4-5,15H2,1-3H3. The smallest absolute Gasteiger partial charge is 0.340 e. The van der Waals surface area contributed by atoms with Crippen molar-refractivity contribution < 1.29 is 13.9 Å². The van der Waals surface area contributed by atoms with Crippen LogP contribution in [0, 0.1) is 11.7 Å². The van der Waals surface area contributed by atoms with E-state index < -0.39 is 11.8 Å². The Kier molecular flexibility index (Phi) is 4.95. The minimum atomic E-state index is -0.570. The number of hydrogen-bond acceptors (Lipinski definition) is 4. The Balaban J connectivity index is 2.88. The molecule has 1 aromatic rings. The van der Waals surface area contributed by atoms with Gasteiger partial charge >= 0.3 is 5.97 Å². The van der Waals surface area contributed by atoms with Crippen LogP contribution in [-0.4, -0.2) is 19.6 Å². The first-order valence-corrected chi connectivity index (χ1v) is 5.87. The summed E-state index contributed by atoms with van der Waals surface area (Å²) in [7, 11) is 1.26.